The van der Waals surface area contributed by atoms with Gasteiger partial charge in [0.2, 0.25) is 0 Å². The van der Waals surface area contributed by atoms with Gasteiger partial charge < -0.3 is 10.1 Å². The number of carbonyl (C=O) groups excluding carboxylic acids is 1. The van der Waals surface area contributed by atoms with Gasteiger partial charge in [0, 0.05) is 18.8 Å². The molecule has 1 aromatic carbocycles. The number of nitrogens with zero attached hydrogens (tertiary/aromatic N) is 2. The summed E-state index contributed by atoms with van der Waals surface area (Å²) >= 11 is 0. The van der Waals surface area contributed by atoms with Gasteiger partial charge in [0.1, 0.15) is 11.4 Å². The van der Waals surface area contributed by atoms with Gasteiger partial charge in [-0.3, -0.25) is 9.48 Å². The number of hydrogen-bond acceptors (Lipinski definition) is 3. The van der Waals surface area contributed by atoms with Crippen LogP contribution in [0.3, 0.4) is 0 Å². The molecule has 18 heavy (non-hydrogen) atoms. The molecule has 1 aromatic heterocycles. The van der Waals surface area contributed by atoms with E-state index in [1.54, 1.807) is 31.0 Å². The van der Waals surface area contributed by atoms with Gasteiger partial charge in [-0.25, -0.2) is 0 Å². The molecule has 0 aliphatic carbocycles. The first kappa shape index (κ1) is 12.2. The zero-order valence-electron chi connectivity index (χ0n) is 10.6. The van der Waals surface area contributed by atoms with Crippen LogP contribution in [0, 0.1) is 6.92 Å². The van der Waals surface area contributed by atoms with Crippen LogP contribution in [0.1, 0.15) is 16.2 Å². The summed E-state index contributed by atoms with van der Waals surface area (Å²) < 4.78 is 6.66. The maximum Gasteiger partial charge on any atom is 0.273 e. The standard InChI is InChI=1S/C13H15N3O2/c1-9-7-12(16(2)15-9)13(17)14-10-5-4-6-11(8-10)18-3/h4-8H,1-3H3,(H,14,17). The summed E-state index contributed by atoms with van der Waals surface area (Å²) in [6.07, 6.45) is 0. The van der Waals surface area contributed by atoms with Crippen LogP contribution in [0.2, 0.25) is 0 Å². The number of benzene rings is 1. The molecule has 0 saturated carbocycles. The van der Waals surface area contributed by atoms with Gasteiger partial charge >= 0.3 is 0 Å². The predicted octanol–water partition coefficient (Wildman–Crippen LogP) is 1.99. The van der Waals surface area contributed by atoms with E-state index in [4.69, 9.17) is 4.74 Å². The zero-order chi connectivity index (χ0) is 13.1. The minimum absolute atomic E-state index is 0.189. The molecule has 2 aromatic rings. The smallest absolute Gasteiger partial charge is 0.273 e. The van der Waals surface area contributed by atoms with E-state index >= 15 is 0 Å². The van der Waals surface area contributed by atoms with Crippen molar-refractivity contribution in [2.75, 3.05) is 12.4 Å². The van der Waals surface area contributed by atoms with Crippen molar-refractivity contribution < 1.29 is 9.53 Å². The van der Waals surface area contributed by atoms with Gasteiger partial charge in [0.15, 0.2) is 0 Å². The summed E-state index contributed by atoms with van der Waals surface area (Å²) in [5.41, 5.74) is 2.03. The molecule has 5 heteroatoms. The van der Waals surface area contributed by atoms with Gasteiger partial charge in [-0.05, 0) is 25.1 Å². The molecule has 0 spiro atoms. The van der Waals surface area contributed by atoms with Crippen molar-refractivity contribution >= 4 is 11.6 Å². The van der Waals surface area contributed by atoms with Crippen molar-refractivity contribution in [3.05, 3.63) is 41.7 Å². The molecule has 0 aliphatic rings. The van der Waals surface area contributed by atoms with Crippen LogP contribution >= 0.6 is 0 Å². The summed E-state index contributed by atoms with van der Waals surface area (Å²) in [5, 5.41) is 6.95. The van der Waals surface area contributed by atoms with Crippen LogP contribution in [0.4, 0.5) is 5.69 Å². The Balaban J connectivity index is 2.18. The number of ether oxygens (including phenoxy) is 1. The molecule has 2 rings (SSSR count). The van der Waals surface area contributed by atoms with Crippen molar-refractivity contribution in [3.63, 3.8) is 0 Å². The monoisotopic (exact) mass is 245 g/mol. The number of nitrogens with one attached hydrogen (secondary N) is 1. The lowest BCUT2D eigenvalue weighted by Gasteiger charge is -2.06. The topological polar surface area (TPSA) is 56.1 Å². The summed E-state index contributed by atoms with van der Waals surface area (Å²) in [7, 11) is 3.33. The van der Waals surface area contributed by atoms with E-state index in [9.17, 15) is 4.79 Å². The molecule has 1 heterocycles. The van der Waals surface area contributed by atoms with Crippen LogP contribution < -0.4 is 10.1 Å². The molecule has 0 unspecified atom stereocenters. The first-order chi connectivity index (χ1) is 8.60. The Hall–Kier alpha value is -2.30. The van der Waals surface area contributed by atoms with Crippen LogP contribution in [-0.2, 0) is 7.05 Å². The average molecular weight is 245 g/mol. The van der Waals surface area contributed by atoms with Crippen LogP contribution in [0.25, 0.3) is 0 Å². The molecule has 94 valence electrons. The highest BCUT2D eigenvalue weighted by molar-refractivity contribution is 6.03. The Morgan fingerprint density at radius 3 is 2.78 bits per heavy atom. The fourth-order valence-electron chi connectivity index (χ4n) is 1.72. The third-order valence-corrected chi connectivity index (χ3v) is 2.56. The molecule has 5 nitrogen and oxygen atoms in total. The normalized spacial score (nSPS) is 10.2. The van der Waals surface area contributed by atoms with Gasteiger partial charge in [-0.1, -0.05) is 6.07 Å². The zero-order valence-corrected chi connectivity index (χ0v) is 10.6. The van der Waals surface area contributed by atoms with Gasteiger partial charge in [0.25, 0.3) is 5.91 Å². The highest BCUT2D eigenvalue weighted by Crippen LogP contribution is 2.17. The van der Waals surface area contributed by atoms with E-state index < -0.39 is 0 Å². The Morgan fingerprint density at radius 1 is 1.39 bits per heavy atom. The van der Waals surface area contributed by atoms with Gasteiger partial charge in [-0.15, -0.1) is 0 Å². The SMILES string of the molecule is COc1cccc(NC(=O)c2cc(C)nn2C)c1. The molecule has 0 atom stereocenters. The van der Waals surface area contributed by atoms with Crippen molar-refractivity contribution in [2.45, 2.75) is 6.92 Å². The van der Waals surface area contributed by atoms with Gasteiger partial charge in [0.05, 0.1) is 12.8 Å². The first-order valence-corrected chi connectivity index (χ1v) is 5.56. The first-order valence-electron chi connectivity index (χ1n) is 5.56. The number of carbonyl (C=O) groups is 1. The number of aromatic nitrogens is 2. The molecule has 0 aliphatic heterocycles. The fraction of sp³-hybridized carbons (Fsp3) is 0.231. The number of hydrogen-bond donors (Lipinski definition) is 1. The van der Waals surface area contributed by atoms with E-state index in [1.807, 2.05) is 25.1 Å². The van der Waals surface area contributed by atoms with Crippen LogP contribution in [0.5, 0.6) is 5.75 Å². The molecule has 0 fully saturated rings. The lowest BCUT2D eigenvalue weighted by atomic mass is 10.3. The lowest BCUT2D eigenvalue weighted by molar-refractivity contribution is 0.101. The highest BCUT2D eigenvalue weighted by Gasteiger charge is 2.11. The van der Waals surface area contributed by atoms with E-state index in [0.29, 0.717) is 17.1 Å². The quantitative estimate of drug-likeness (QED) is 0.899. The van der Waals surface area contributed by atoms with Crippen molar-refractivity contribution in [1.82, 2.24) is 9.78 Å². The number of amides is 1. The molecular weight excluding hydrogens is 230 g/mol. The fourth-order valence-corrected chi connectivity index (χ4v) is 1.72. The molecule has 0 bridgehead atoms. The maximum atomic E-state index is 12.0. The van der Waals surface area contributed by atoms with Crippen LogP contribution in [-0.4, -0.2) is 22.8 Å². The second-order valence-corrected chi connectivity index (χ2v) is 3.98. The summed E-state index contributed by atoms with van der Waals surface area (Å²) in [4.78, 5) is 12.0. The number of methoxy groups -OCH3 is 1. The average Bonchev–Trinajstić information content (AvgIpc) is 2.69. The predicted molar refractivity (Wildman–Crippen MR) is 68.9 cm³/mol. The minimum Gasteiger partial charge on any atom is -0.497 e. The minimum atomic E-state index is -0.189. The molecule has 0 radical (unpaired) electrons. The molecular formula is C13H15N3O2. The summed E-state index contributed by atoms with van der Waals surface area (Å²) in [5.74, 6) is 0.514. The van der Waals surface area contributed by atoms with E-state index in [0.717, 1.165) is 5.69 Å². The molecule has 1 N–H and O–H groups in total. The van der Waals surface area contributed by atoms with E-state index in [1.165, 1.54) is 0 Å². The number of rotatable bonds is 3. The molecule has 1 amide bonds. The van der Waals surface area contributed by atoms with E-state index in [2.05, 4.69) is 10.4 Å². The summed E-state index contributed by atoms with van der Waals surface area (Å²) in [6, 6.07) is 8.97. The van der Waals surface area contributed by atoms with Crippen molar-refractivity contribution in [2.24, 2.45) is 7.05 Å². The second-order valence-electron chi connectivity index (χ2n) is 3.98. The second kappa shape index (κ2) is 4.91. The summed E-state index contributed by atoms with van der Waals surface area (Å²) in [6.45, 7) is 1.85. The Labute approximate surface area is 105 Å². The van der Waals surface area contributed by atoms with Gasteiger partial charge in [-0.2, -0.15) is 5.10 Å². The highest BCUT2D eigenvalue weighted by atomic mass is 16.5. The largest absolute Gasteiger partial charge is 0.497 e. The van der Waals surface area contributed by atoms with Crippen molar-refractivity contribution in [1.29, 1.82) is 0 Å². The Bertz CT molecular complexity index is 575. The lowest BCUT2D eigenvalue weighted by Crippen LogP contribution is -2.16. The number of aryl methyl sites for hydroxylation is 2. The van der Waals surface area contributed by atoms with Crippen molar-refractivity contribution in [3.8, 4) is 5.75 Å². The van der Waals surface area contributed by atoms with Crippen LogP contribution in [0.15, 0.2) is 30.3 Å². The maximum absolute atomic E-state index is 12.0. The third kappa shape index (κ3) is 2.51. The molecule has 0 saturated heterocycles. The Kier molecular flexibility index (Phi) is 3.32. The van der Waals surface area contributed by atoms with E-state index in [-0.39, 0.29) is 5.91 Å². The Morgan fingerprint density at radius 2 is 2.17 bits per heavy atom. The number of anilines is 1. The third-order valence-electron chi connectivity index (χ3n) is 2.56.